The highest BCUT2D eigenvalue weighted by Crippen LogP contribution is 2.28. The standard InChI is InChI=1S/C14H20N2O3S/c1-8(2)12-15-9(3)11(14(17)18)13(16-12)20-7-10-4-5-19-6-10/h8,10H,4-7H2,1-3H3,(H,17,18). The Morgan fingerprint density at radius 3 is 2.80 bits per heavy atom. The van der Waals surface area contributed by atoms with E-state index >= 15 is 0 Å². The Labute approximate surface area is 123 Å². The van der Waals surface area contributed by atoms with Gasteiger partial charge in [0.15, 0.2) is 0 Å². The molecular formula is C14H20N2O3S. The maximum atomic E-state index is 11.4. The molecule has 0 aromatic carbocycles. The van der Waals surface area contributed by atoms with Crippen molar-refractivity contribution in [3.63, 3.8) is 0 Å². The molecule has 6 heteroatoms. The van der Waals surface area contributed by atoms with Crippen molar-refractivity contribution >= 4 is 17.7 Å². The first kappa shape index (κ1) is 15.3. The average molecular weight is 296 g/mol. The first-order valence-corrected chi connectivity index (χ1v) is 7.80. The summed E-state index contributed by atoms with van der Waals surface area (Å²) in [5.74, 6) is 1.26. The van der Waals surface area contributed by atoms with E-state index in [1.807, 2.05) is 13.8 Å². The number of carboxylic acid groups (broad SMARTS) is 1. The maximum Gasteiger partial charge on any atom is 0.340 e. The van der Waals surface area contributed by atoms with Crippen molar-refractivity contribution in [1.29, 1.82) is 0 Å². The zero-order chi connectivity index (χ0) is 14.7. The summed E-state index contributed by atoms with van der Waals surface area (Å²) in [5.41, 5.74) is 0.777. The molecule has 1 saturated heterocycles. The van der Waals surface area contributed by atoms with Crippen LogP contribution in [0.1, 0.15) is 48.1 Å². The monoisotopic (exact) mass is 296 g/mol. The van der Waals surface area contributed by atoms with Crippen molar-refractivity contribution < 1.29 is 14.6 Å². The number of ether oxygens (including phenoxy) is 1. The number of aryl methyl sites for hydroxylation is 1. The van der Waals surface area contributed by atoms with Crippen molar-refractivity contribution in [2.45, 2.75) is 38.1 Å². The first-order chi connectivity index (χ1) is 9.49. The summed E-state index contributed by atoms with van der Waals surface area (Å²) in [4.78, 5) is 20.2. The number of aromatic carboxylic acids is 1. The molecule has 1 fully saturated rings. The van der Waals surface area contributed by atoms with Crippen LogP contribution < -0.4 is 0 Å². The van der Waals surface area contributed by atoms with Crippen LogP contribution >= 0.6 is 11.8 Å². The van der Waals surface area contributed by atoms with E-state index < -0.39 is 5.97 Å². The van der Waals surface area contributed by atoms with Gasteiger partial charge >= 0.3 is 5.97 Å². The number of rotatable bonds is 5. The molecule has 0 saturated carbocycles. The number of carbonyl (C=O) groups is 1. The fourth-order valence-electron chi connectivity index (χ4n) is 2.09. The molecule has 1 unspecified atom stereocenters. The molecule has 1 aliphatic heterocycles. The third-order valence-electron chi connectivity index (χ3n) is 3.28. The summed E-state index contributed by atoms with van der Waals surface area (Å²) in [7, 11) is 0. The average Bonchev–Trinajstić information content (AvgIpc) is 2.88. The lowest BCUT2D eigenvalue weighted by Gasteiger charge is -2.13. The Morgan fingerprint density at radius 1 is 1.50 bits per heavy atom. The van der Waals surface area contributed by atoms with Gasteiger partial charge in [-0.1, -0.05) is 13.8 Å². The molecule has 0 aliphatic carbocycles. The summed E-state index contributed by atoms with van der Waals surface area (Å²) >= 11 is 1.51. The zero-order valence-corrected chi connectivity index (χ0v) is 12.9. The number of carboxylic acids is 1. The van der Waals surface area contributed by atoms with Gasteiger partial charge in [-0.15, -0.1) is 11.8 Å². The third-order valence-corrected chi connectivity index (χ3v) is 4.49. The molecule has 0 spiro atoms. The molecule has 1 atom stereocenters. The minimum atomic E-state index is -0.956. The summed E-state index contributed by atoms with van der Waals surface area (Å²) in [5, 5.41) is 9.93. The van der Waals surface area contributed by atoms with Gasteiger partial charge in [0, 0.05) is 18.3 Å². The van der Waals surface area contributed by atoms with E-state index in [0.29, 0.717) is 22.5 Å². The Balaban J connectivity index is 2.24. The smallest absolute Gasteiger partial charge is 0.340 e. The Bertz CT molecular complexity index is 499. The number of hydrogen-bond acceptors (Lipinski definition) is 5. The molecule has 2 rings (SSSR count). The van der Waals surface area contributed by atoms with Crippen LogP contribution in [0.25, 0.3) is 0 Å². The molecule has 110 valence electrons. The van der Waals surface area contributed by atoms with E-state index in [9.17, 15) is 9.90 Å². The van der Waals surface area contributed by atoms with Crippen LogP contribution in [0.4, 0.5) is 0 Å². The largest absolute Gasteiger partial charge is 0.478 e. The van der Waals surface area contributed by atoms with Gasteiger partial charge in [-0.3, -0.25) is 0 Å². The molecule has 1 aliphatic rings. The minimum Gasteiger partial charge on any atom is -0.478 e. The van der Waals surface area contributed by atoms with E-state index in [4.69, 9.17) is 4.74 Å². The lowest BCUT2D eigenvalue weighted by atomic mass is 10.2. The van der Waals surface area contributed by atoms with E-state index in [1.54, 1.807) is 6.92 Å². The predicted octanol–water partition coefficient (Wildman–Crippen LogP) is 2.74. The molecule has 1 aromatic heterocycles. The number of nitrogens with zero attached hydrogens (tertiary/aromatic N) is 2. The van der Waals surface area contributed by atoms with Gasteiger partial charge in [0.05, 0.1) is 12.3 Å². The summed E-state index contributed by atoms with van der Waals surface area (Å²) < 4.78 is 5.35. The molecule has 1 aromatic rings. The Kier molecular flexibility index (Phi) is 4.99. The van der Waals surface area contributed by atoms with Crippen LogP contribution in [0.15, 0.2) is 5.03 Å². The van der Waals surface area contributed by atoms with E-state index in [0.717, 1.165) is 25.4 Å². The van der Waals surface area contributed by atoms with Crippen LogP contribution in [0.2, 0.25) is 0 Å². The van der Waals surface area contributed by atoms with E-state index in [-0.39, 0.29) is 11.5 Å². The van der Waals surface area contributed by atoms with Gasteiger partial charge in [-0.05, 0) is 19.3 Å². The second kappa shape index (κ2) is 6.54. The predicted molar refractivity (Wildman–Crippen MR) is 77.5 cm³/mol. The molecule has 0 radical (unpaired) electrons. The van der Waals surface area contributed by atoms with Gasteiger partial charge in [0.2, 0.25) is 0 Å². The van der Waals surface area contributed by atoms with E-state index in [2.05, 4.69) is 9.97 Å². The van der Waals surface area contributed by atoms with Crippen molar-refractivity contribution in [2.24, 2.45) is 5.92 Å². The summed E-state index contributed by atoms with van der Waals surface area (Å²) in [6, 6.07) is 0. The van der Waals surface area contributed by atoms with Crippen molar-refractivity contribution in [3.05, 3.63) is 17.1 Å². The highest BCUT2D eigenvalue weighted by Gasteiger charge is 2.22. The van der Waals surface area contributed by atoms with Crippen LogP contribution in [-0.2, 0) is 4.74 Å². The molecule has 0 bridgehead atoms. The molecular weight excluding hydrogens is 276 g/mol. The fourth-order valence-corrected chi connectivity index (χ4v) is 3.28. The van der Waals surface area contributed by atoms with Gasteiger partial charge in [-0.2, -0.15) is 0 Å². The quantitative estimate of drug-likeness (QED) is 0.665. The minimum absolute atomic E-state index is 0.186. The Morgan fingerprint density at radius 2 is 2.25 bits per heavy atom. The molecule has 0 amide bonds. The molecule has 1 N–H and O–H groups in total. The van der Waals surface area contributed by atoms with Crippen molar-refractivity contribution in [1.82, 2.24) is 9.97 Å². The van der Waals surface area contributed by atoms with Gasteiger partial charge in [0.1, 0.15) is 16.4 Å². The lowest BCUT2D eigenvalue weighted by Crippen LogP contribution is -2.12. The van der Waals surface area contributed by atoms with Gasteiger partial charge in [0.25, 0.3) is 0 Å². The van der Waals surface area contributed by atoms with Crippen molar-refractivity contribution in [2.75, 3.05) is 19.0 Å². The summed E-state index contributed by atoms with van der Waals surface area (Å²) in [6.07, 6.45) is 1.04. The van der Waals surface area contributed by atoms with Crippen LogP contribution in [0.3, 0.4) is 0 Å². The topological polar surface area (TPSA) is 72.3 Å². The maximum absolute atomic E-state index is 11.4. The van der Waals surface area contributed by atoms with Crippen LogP contribution in [-0.4, -0.2) is 40.0 Å². The lowest BCUT2D eigenvalue weighted by molar-refractivity contribution is 0.0690. The second-order valence-corrected chi connectivity index (χ2v) is 6.36. The zero-order valence-electron chi connectivity index (χ0n) is 12.0. The Hall–Kier alpha value is -1.14. The van der Waals surface area contributed by atoms with E-state index in [1.165, 1.54) is 11.8 Å². The van der Waals surface area contributed by atoms with Gasteiger partial charge < -0.3 is 9.84 Å². The van der Waals surface area contributed by atoms with Crippen LogP contribution in [0, 0.1) is 12.8 Å². The number of hydrogen-bond donors (Lipinski definition) is 1. The van der Waals surface area contributed by atoms with Gasteiger partial charge in [-0.25, -0.2) is 14.8 Å². The molecule has 20 heavy (non-hydrogen) atoms. The molecule has 2 heterocycles. The van der Waals surface area contributed by atoms with Crippen LogP contribution in [0.5, 0.6) is 0 Å². The number of thioether (sulfide) groups is 1. The highest BCUT2D eigenvalue weighted by atomic mass is 32.2. The fraction of sp³-hybridized carbons (Fsp3) is 0.643. The third kappa shape index (κ3) is 3.49. The highest BCUT2D eigenvalue weighted by molar-refractivity contribution is 7.99. The first-order valence-electron chi connectivity index (χ1n) is 6.81. The van der Waals surface area contributed by atoms with Crippen molar-refractivity contribution in [3.8, 4) is 0 Å². The normalized spacial score (nSPS) is 18.7. The molecule has 5 nitrogen and oxygen atoms in total. The SMILES string of the molecule is Cc1nc(C(C)C)nc(SCC2CCOC2)c1C(=O)O. The number of aromatic nitrogens is 2. The second-order valence-electron chi connectivity index (χ2n) is 5.35. The summed E-state index contributed by atoms with van der Waals surface area (Å²) in [6.45, 7) is 7.32.